The summed E-state index contributed by atoms with van der Waals surface area (Å²) < 4.78 is 39.4. The first-order valence-corrected chi connectivity index (χ1v) is 16.1. The van der Waals surface area contributed by atoms with Crippen LogP contribution in [0.4, 0.5) is 0 Å². The van der Waals surface area contributed by atoms with Gasteiger partial charge in [0, 0.05) is 28.5 Å². The second kappa shape index (κ2) is 15.8. The summed E-state index contributed by atoms with van der Waals surface area (Å²) in [4.78, 5) is 28.9. The highest BCUT2D eigenvalue weighted by Crippen LogP contribution is 2.54. The zero-order chi connectivity index (χ0) is 37.1. The predicted molar refractivity (Wildman–Crippen MR) is 180 cm³/mol. The minimum atomic E-state index is -3.02. The van der Waals surface area contributed by atoms with Crippen molar-refractivity contribution >= 4 is 22.5 Å². The number of carbonyl (C=O) groups is 2. The monoisotopic (exact) mass is 702 g/mol. The lowest BCUT2D eigenvalue weighted by Gasteiger charge is -2.46. The van der Waals surface area contributed by atoms with Crippen LogP contribution in [0.2, 0.25) is 0 Å². The molecule has 4 rings (SSSR count). The van der Waals surface area contributed by atoms with Crippen LogP contribution in [0.25, 0.3) is 21.9 Å². The lowest BCUT2D eigenvalue weighted by Crippen LogP contribution is -2.64. The molecule has 1 heterocycles. The molecule has 0 radical (unpaired) electrons. The largest absolute Gasteiger partial charge is 0.493 e. The molecular weight excluding hydrogens is 656 g/mol. The molecular formula is C36H46O14. The maximum atomic E-state index is 14.8. The summed E-state index contributed by atoms with van der Waals surface area (Å²) >= 11 is 0. The second-order valence-corrected chi connectivity index (χ2v) is 11.9. The normalized spacial score (nSPS) is 22.0. The third-order valence-corrected chi connectivity index (χ3v) is 9.39. The van der Waals surface area contributed by atoms with Crippen molar-refractivity contribution in [2.45, 2.75) is 63.3 Å². The third kappa shape index (κ3) is 6.43. The highest BCUT2D eigenvalue weighted by atomic mass is 16.7. The number of esters is 1. The average molecular weight is 703 g/mol. The van der Waals surface area contributed by atoms with Crippen molar-refractivity contribution in [1.82, 2.24) is 0 Å². The van der Waals surface area contributed by atoms with Gasteiger partial charge in [-0.3, -0.25) is 4.79 Å². The van der Waals surface area contributed by atoms with E-state index in [-0.39, 0.29) is 57.2 Å². The van der Waals surface area contributed by atoms with Crippen LogP contribution in [0.3, 0.4) is 0 Å². The Hall–Kier alpha value is -4.18. The molecule has 1 aliphatic heterocycles. The van der Waals surface area contributed by atoms with Gasteiger partial charge in [-0.05, 0) is 35.1 Å². The summed E-state index contributed by atoms with van der Waals surface area (Å²) in [5.41, 5.74) is -0.770. The maximum Gasteiger partial charge on any atom is 0.339 e. The topological polar surface area (TPSA) is 200 Å². The van der Waals surface area contributed by atoms with E-state index in [0.717, 1.165) is 7.11 Å². The smallest absolute Gasteiger partial charge is 0.339 e. The Morgan fingerprint density at radius 1 is 0.820 bits per heavy atom. The quantitative estimate of drug-likeness (QED) is 0.121. The molecule has 0 bridgehead atoms. The number of carbonyl (C=O) groups excluding carboxylic acids is 2. The van der Waals surface area contributed by atoms with Crippen molar-refractivity contribution in [1.29, 1.82) is 0 Å². The van der Waals surface area contributed by atoms with E-state index in [1.54, 1.807) is 18.2 Å². The van der Waals surface area contributed by atoms with Gasteiger partial charge in [0.2, 0.25) is 11.5 Å². The van der Waals surface area contributed by atoms with Crippen molar-refractivity contribution in [2.75, 3.05) is 49.3 Å². The number of rotatable bonds is 14. The summed E-state index contributed by atoms with van der Waals surface area (Å²) in [5.74, 6) is -4.05. The van der Waals surface area contributed by atoms with Crippen LogP contribution in [0.15, 0.2) is 24.3 Å². The van der Waals surface area contributed by atoms with Crippen LogP contribution < -0.4 is 23.7 Å². The molecule has 0 unspecified atom stereocenters. The lowest BCUT2D eigenvalue weighted by molar-refractivity contribution is -0.357. The first-order chi connectivity index (χ1) is 23.9. The van der Waals surface area contributed by atoms with Crippen LogP contribution in [-0.2, 0) is 15.3 Å². The number of aliphatic hydroxyl groups is 5. The minimum Gasteiger partial charge on any atom is -0.493 e. The fourth-order valence-corrected chi connectivity index (χ4v) is 6.65. The summed E-state index contributed by atoms with van der Waals surface area (Å²) in [5, 5.41) is 55.8. The van der Waals surface area contributed by atoms with E-state index in [4.69, 9.17) is 33.2 Å². The van der Waals surface area contributed by atoms with Crippen molar-refractivity contribution < 1.29 is 68.3 Å². The molecule has 5 N–H and O–H groups in total. The molecule has 1 aliphatic rings. The van der Waals surface area contributed by atoms with Gasteiger partial charge in [-0.1, -0.05) is 32.8 Å². The van der Waals surface area contributed by atoms with Crippen LogP contribution in [-0.4, -0.2) is 111 Å². The van der Waals surface area contributed by atoms with Crippen LogP contribution in [0, 0.1) is 5.92 Å². The zero-order valence-electron chi connectivity index (χ0n) is 29.4. The van der Waals surface area contributed by atoms with Gasteiger partial charge in [-0.15, -0.1) is 0 Å². The van der Waals surface area contributed by atoms with Crippen LogP contribution in [0.5, 0.6) is 28.7 Å². The standard InChI is InChI=1S/C36H46O14/c1-9-17(10-2)13-20(38)27-28(35(42)49-8)25(18-11-12-21(44-3)22(14-18)45-4)26-19(15-23(46-5)32(47-6)33(26)48-7)29(27)36(43)34(41)31(40)30(39)24(16-37)50-36/h11-12,14-15,17,24,30-31,34,37,39-41,43H,9-10,13,16H2,1-8H3/t24-,30-,31+,34-,36+/m1/s1. The van der Waals surface area contributed by atoms with Crippen LogP contribution >= 0.6 is 0 Å². The van der Waals surface area contributed by atoms with E-state index >= 15 is 0 Å². The molecule has 3 aromatic rings. The number of benzene rings is 3. The predicted octanol–water partition coefficient (Wildman–Crippen LogP) is 2.96. The molecule has 0 aromatic heterocycles. The number of methoxy groups -OCH3 is 6. The fourth-order valence-electron chi connectivity index (χ4n) is 6.65. The van der Waals surface area contributed by atoms with Gasteiger partial charge >= 0.3 is 5.97 Å². The van der Waals surface area contributed by atoms with Crippen molar-refractivity contribution in [2.24, 2.45) is 5.92 Å². The van der Waals surface area contributed by atoms with E-state index < -0.39 is 59.7 Å². The van der Waals surface area contributed by atoms with Crippen molar-refractivity contribution in [3.63, 3.8) is 0 Å². The van der Waals surface area contributed by atoms with Gasteiger partial charge in [0.25, 0.3) is 0 Å². The van der Waals surface area contributed by atoms with E-state index in [9.17, 15) is 35.1 Å². The third-order valence-electron chi connectivity index (χ3n) is 9.39. The molecule has 0 amide bonds. The molecule has 5 atom stereocenters. The Kier molecular flexibility index (Phi) is 12.2. The molecule has 1 fully saturated rings. The highest BCUT2D eigenvalue weighted by Gasteiger charge is 2.56. The molecule has 0 spiro atoms. The summed E-state index contributed by atoms with van der Waals surface area (Å²) in [6, 6.07) is 6.20. The SMILES string of the molecule is CCC(CC)CC(=O)c1c(C(=O)OC)c(-c2ccc(OC)c(OC)c2)c2c(OC)c(OC)c(OC)cc2c1[C@]1(O)O[C@H](CO)[C@@H](O)[C@H](O)[C@H]1O. The average Bonchev–Trinajstić information content (AvgIpc) is 3.14. The Morgan fingerprint density at radius 3 is 1.96 bits per heavy atom. The maximum absolute atomic E-state index is 14.8. The number of fused-ring (bicyclic) bond motifs is 1. The molecule has 14 heteroatoms. The fraction of sp³-hybridized carbons (Fsp3) is 0.500. The molecule has 14 nitrogen and oxygen atoms in total. The van der Waals surface area contributed by atoms with Gasteiger partial charge in [0.1, 0.15) is 24.4 Å². The van der Waals surface area contributed by atoms with Gasteiger partial charge in [-0.2, -0.15) is 0 Å². The number of ketones is 1. The van der Waals surface area contributed by atoms with Crippen LogP contribution in [0.1, 0.15) is 59.4 Å². The molecule has 1 saturated heterocycles. The molecule has 0 aliphatic carbocycles. The Morgan fingerprint density at radius 2 is 1.44 bits per heavy atom. The number of hydrogen-bond acceptors (Lipinski definition) is 14. The summed E-state index contributed by atoms with van der Waals surface area (Å²) in [7, 11) is 8.05. The summed E-state index contributed by atoms with van der Waals surface area (Å²) in [6.07, 6.45) is -6.75. The summed E-state index contributed by atoms with van der Waals surface area (Å²) in [6.45, 7) is 2.93. The highest BCUT2D eigenvalue weighted by molar-refractivity contribution is 6.20. The molecule has 274 valence electrons. The Bertz CT molecular complexity index is 1720. The first-order valence-electron chi connectivity index (χ1n) is 16.1. The molecule has 3 aromatic carbocycles. The molecule has 50 heavy (non-hydrogen) atoms. The van der Waals surface area contributed by atoms with E-state index in [2.05, 4.69) is 0 Å². The van der Waals surface area contributed by atoms with Gasteiger partial charge in [0.05, 0.1) is 54.8 Å². The number of aliphatic hydroxyl groups excluding tert-OH is 4. The van der Waals surface area contributed by atoms with Gasteiger partial charge < -0.3 is 58.7 Å². The Balaban J connectivity index is 2.43. The molecule has 0 saturated carbocycles. The lowest BCUT2D eigenvalue weighted by atomic mass is 9.76. The van der Waals surface area contributed by atoms with Gasteiger partial charge in [-0.25, -0.2) is 4.79 Å². The Labute approximate surface area is 290 Å². The van der Waals surface area contributed by atoms with E-state index in [1.807, 2.05) is 13.8 Å². The van der Waals surface area contributed by atoms with E-state index in [0.29, 0.717) is 24.2 Å². The first kappa shape index (κ1) is 38.6. The second-order valence-electron chi connectivity index (χ2n) is 11.9. The number of Topliss-reactive ketones (excluding diaryl/α,β-unsaturated/α-hetero) is 1. The minimum absolute atomic E-state index is 0.00906. The van der Waals surface area contributed by atoms with Gasteiger partial charge in [0.15, 0.2) is 28.8 Å². The van der Waals surface area contributed by atoms with Crippen molar-refractivity contribution in [3.8, 4) is 39.9 Å². The van der Waals surface area contributed by atoms with E-state index in [1.165, 1.54) is 41.6 Å². The zero-order valence-corrected chi connectivity index (χ0v) is 29.4. The number of hydrogen-bond donors (Lipinski definition) is 5. The number of ether oxygens (including phenoxy) is 7. The van der Waals surface area contributed by atoms with Crippen molar-refractivity contribution in [3.05, 3.63) is 41.0 Å².